The highest BCUT2D eigenvalue weighted by atomic mass is 31.2. The van der Waals surface area contributed by atoms with E-state index in [2.05, 4.69) is 40.5 Å². The maximum Gasteiger partial charge on any atom is 0.431 e. The Kier molecular flexibility index (Phi) is 26.6. The summed E-state index contributed by atoms with van der Waals surface area (Å²) in [5, 5.41) is 48.4. The molecular formula is C84H101B3N10O17P2. The number of fused-ring (bicyclic) bond motifs is 3. The van der Waals surface area contributed by atoms with Crippen molar-refractivity contribution in [3.8, 4) is 11.5 Å². The number of carbonyl (C=O) groups is 2. The van der Waals surface area contributed by atoms with E-state index in [9.17, 15) is 24.4 Å². The Morgan fingerprint density at radius 2 is 0.879 bits per heavy atom. The number of hydrogen-bond donors (Lipinski definition) is 5. The summed E-state index contributed by atoms with van der Waals surface area (Å²) in [7, 11) is -8.19. The van der Waals surface area contributed by atoms with Gasteiger partial charge in [-0.25, -0.2) is 9.59 Å². The fraction of sp³-hybridized carbons (Fsp3) is 0.381. The Morgan fingerprint density at radius 3 is 1.27 bits per heavy atom. The molecule has 15 rings (SSSR count). The van der Waals surface area contributed by atoms with Gasteiger partial charge in [-0.3, -0.25) is 18.8 Å². The van der Waals surface area contributed by atoms with E-state index in [0.29, 0.717) is 67.4 Å². The van der Waals surface area contributed by atoms with E-state index in [1.54, 1.807) is 73.2 Å². The molecule has 0 bridgehead atoms. The number of anilines is 2. The van der Waals surface area contributed by atoms with Crippen LogP contribution in [0.5, 0.6) is 11.5 Å². The smallest absolute Gasteiger partial charge is 0.431 e. The first-order chi connectivity index (χ1) is 56.1. The summed E-state index contributed by atoms with van der Waals surface area (Å²) in [6, 6.07) is 63.0. The van der Waals surface area contributed by atoms with Crippen LogP contribution in [0.4, 0.5) is 21.2 Å². The van der Waals surface area contributed by atoms with Gasteiger partial charge in [-0.2, -0.15) is 10.2 Å². The summed E-state index contributed by atoms with van der Waals surface area (Å²) in [4.78, 5) is 38.2. The molecule has 5 aliphatic rings. The van der Waals surface area contributed by atoms with Crippen molar-refractivity contribution in [3.63, 3.8) is 0 Å². The third kappa shape index (κ3) is 19.9. The molecule has 5 aliphatic heterocycles. The lowest BCUT2D eigenvalue weighted by molar-refractivity contribution is -0.157. The van der Waals surface area contributed by atoms with Gasteiger partial charge in [0.15, 0.2) is 24.3 Å². The average Bonchev–Trinajstić information content (AvgIpc) is 1.59. The van der Waals surface area contributed by atoms with E-state index >= 15 is 9.59 Å². The van der Waals surface area contributed by atoms with Crippen LogP contribution < -0.4 is 19.9 Å². The van der Waals surface area contributed by atoms with E-state index in [0.717, 1.165) is 60.8 Å². The minimum Gasteiger partial charge on any atom is -0.481 e. The summed E-state index contributed by atoms with van der Waals surface area (Å²) in [5.74, 6) is 0.958. The van der Waals surface area contributed by atoms with Crippen LogP contribution in [-0.4, -0.2) is 194 Å². The van der Waals surface area contributed by atoms with Gasteiger partial charge in [-0.05, 0) is 167 Å². The van der Waals surface area contributed by atoms with Gasteiger partial charge in [-0.1, -0.05) is 158 Å². The number of nitrogens with one attached hydrogen (secondary N) is 1. The molecule has 0 aliphatic carbocycles. The average molecular weight is 1620 g/mol. The zero-order chi connectivity index (χ0) is 81.3. The number of aliphatic hydroxyl groups excluding tert-OH is 2. The van der Waals surface area contributed by atoms with Crippen LogP contribution in [0.25, 0.3) is 21.8 Å². The van der Waals surface area contributed by atoms with Crippen LogP contribution in [0.1, 0.15) is 86.1 Å². The number of ether oxygens (including phenoxy) is 4. The van der Waals surface area contributed by atoms with Crippen molar-refractivity contribution in [3.05, 3.63) is 251 Å². The molecule has 10 aromatic rings. The molecule has 0 radical (unpaired) electrons. The van der Waals surface area contributed by atoms with Crippen molar-refractivity contribution in [1.29, 1.82) is 0 Å². The number of aromatic amines is 1. The van der Waals surface area contributed by atoms with Crippen molar-refractivity contribution in [2.45, 2.75) is 155 Å². The van der Waals surface area contributed by atoms with Gasteiger partial charge in [0.2, 0.25) is 0 Å². The van der Waals surface area contributed by atoms with E-state index < -0.39 is 76.6 Å². The molecule has 6 N–H and O–H groups in total. The number of nitrogen functional groups attached to an aromatic ring is 1. The molecule has 0 spiro atoms. The van der Waals surface area contributed by atoms with E-state index in [4.69, 9.17) is 57.2 Å². The van der Waals surface area contributed by atoms with Crippen molar-refractivity contribution < 1.29 is 80.3 Å². The second-order valence-electron chi connectivity index (χ2n) is 30.1. The quantitative estimate of drug-likeness (QED) is 0.0142. The van der Waals surface area contributed by atoms with Gasteiger partial charge < -0.3 is 91.6 Å². The Balaban J connectivity index is 0.000000196. The summed E-state index contributed by atoms with van der Waals surface area (Å²) in [6.07, 6.45) is -2.48. The topological polar surface area (TPSA) is 317 Å². The normalized spacial score (nSPS) is 20.7. The first kappa shape index (κ1) is 83.2. The molecule has 0 unspecified atom stereocenters. The lowest BCUT2D eigenvalue weighted by Gasteiger charge is -2.37. The lowest BCUT2D eigenvalue weighted by atomic mass is 9.76. The van der Waals surface area contributed by atoms with Crippen molar-refractivity contribution in [2.24, 2.45) is 0 Å². The highest BCUT2D eigenvalue weighted by molar-refractivity contribution is 7.53. The highest BCUT2D eigenvalue weighted by Crippen LogP contribution is 2.50. The molecule has 8 atom stereocenters. The summed E-state index contributed by atoms with van der Waals surface area (Å²) in [6.45, 7) is 15.2. The van der Waals surface area contributed by atoms with Crippen molar-refractivity contribution >= 4 is 81.8 Å². The predicted molar refractivity (Wildman–Crippen MR) is 445 cm³/mol. The number of benzene rings is 8. The second-order valence-corrected chi connectivity index (χ2v) is 34.1. The molecular weight excluding hydrogens is 1520 g/mol. The van der Waals surface area contributed by atoms with Gasteiger partial charge in [0.1, 0.15) is 41.7 Å². The van der Waals surface area contributed by atoms with E-state index in [1.165, 1.54) is 0 Å². The predicted octanol–water partition coefficient (Wildman–Crippen LogP) is 12.8. The first-order valence-corrected chi connectivity index (χ1v) is 43.2. The minimum atomic E-state index is -3.49. The molecule has 5 fully saturated rings. The van der Waals surface area contributed by atoms with Gasteiger partial charge in [0.25, 0.3) is 0 Å². The fourth-order valence-corrected chi connectivity index (χ4v) is 18.6. The number of urea groups is 2. The molecule has 4 amide bonds. The second kappa shape index (κ2) is 37.1. The molecule has 608 valence electrons. The fourth-order valence-electron chi connectivity index (χ4n) is 15.9. The minimum absolute atomic E-state index is 0.0914. The maximum atomic E-state index is 15.9. The number of nitrogens with zero attached hydrogens (tertiary/aromatic N) is 8. The van der Waals surface area contributed by atoms with E-state index in [1.807, 2.05) is 180 Å². The van der Waals surface area contributed by atoms with Crippen LogP contribution in [-0.2, 0) is 97.9 Å². The number of H-pyrrole nitrogens is 1. The van der Waals surface area contributed by atoms with Gasteiger partial charge >= 0.3 is 48.4 Å². The molecule has 0 saturated carbocycles. The van der Waals surface area contributed by atoms with Crippen LogP contribution >= 0.6 is 15.2 Å². The Bertz CT molecular complexity index is 5030. The Morgan fingerprint density at radius 1 is 0.517 bits per heavy atom. The SMILES string of the molecule is CCOP(=O)(COc1cccc(CN2C(=O)N(Cc3ccc4[nH]nc(N)c4c3)[C@H](Cc3ccccc3)[C@H](O)[C@@H](O)[C@H]2Cc2ccccc2)c1)OCC.CCOP(=O)(COc1cccc(CN2C(=O)N(Cc3ccc4c(c3)c(N(B3CO3)B3CO3)nn4B(C)O)[C@H](Cc3ccccc3)[C@@H]3OC(C)(C)O[C@H]3[C@H]2Cc2ccccc2)c1)OCC. The molecule has 2 aromatic heterocycles. The van der Waals surface area contributed by atoms with Crippen LogP contribution in [0.15, 0.2) is 206 Å². The van der Waals surface area contributed by atoms with Crippen LogP contribution in [0.3, 0.4) is 0 Å². The van der Waals surface area contributed by atoms with Gasteiger partial charge in [0, 0.05) is 37.0 Å². The monoisotopic (exact) mass is 1620 g/mol. The Labute approximate surface area is 677 Å². The number of amides is 4. The van der Waals surface area contributed by atoms with Crippen LogP contribution in [0, 0.1) is 0 Å². The van der Waals surface area contributed by atoms with Crippen molar-refractivity contribution in [1.82, 2.24) is 39.5 Å². The summed E-state index contributed by atoms with van der Waals surface area (Å²) >= 11 is 0. The first-order valence-electron chi connectivity index (χ1n) is 39.7. The molecule has 7 heterocycles. The molecule has 5 saturated heterocycles. The lowest BCUT2D eigenvalue weighted by Crippen LogP contribution is -2.51. The number of aliphatic hydroxyl groups is 2. The number of aromatic nitrogens is 4. The molecule has 27 nitrogen and oxygen atoms in total. The number of hydrogen-bond acceptors (Lipinski definition) is 21. The molecule has 32 heteroatoms. The highest BCUT2D eigenvalue weighted by Gasteiger charge is 2.57. The number of carbonyl (C=O) groups excluding carboxylic acids is 2. The third-order valence-corrected chi connectivity index (χ3v) is 24.8. The molecule has 8 aromatic carbocycles. The van der Waals surface area contributed by atoms with Crippen molar-refractivity contribution in [2.75, 3.05) is 62.6 Å². The standard InChI is InChI=1S/C45H55B3N5O10P.C39H46N5O7P/c1-6-60-64(56,61-7-2)31-57-36-20-14-19-34(23-36)27-50-39(25-32-15-10-8-11-16-32)41-42(63-45(3,4)62-41)40(26-33-17-12-9-13-18-33)51(44(50)54)28-35-21-22-38-37(24-35)43(49-53(38)46(5)55)52(47-29-58-47)48-30-59-48;1-3-50-52(48,51-4-2)26-49-31-17-11-16-29(20-31)24-43-34(22-27-12-7-5-8-13-27)36(45)37(46)35(23-28-14-9-6-10-15-28)44(39(43)47)25-30-18-19-33-32(21-30)38(40)42-41-33/h8-24,39-42,55H,6-7,25-31H2,1-5H3;5-21,34-37,45-46H,3-4,22-26H2,1-2H3,(H3,40,41,42)/t39-,40-,41+,42+;34-,35-,36+,37+/m11/s1. The summed E-state index contributed by atoms with van der Waals surface area (Å²) < 4.78 is 89.1. The molecule has 116 heavy (non-hydrogen) atoms. The van der Waals surface area contributed by atoms with Crippen LogP contribution in [0.2, 0.25) is 6.82 Å². The van der Waals surface area contributed by atoms with E-state index in [-0.39, 0.29) is 91.5 Å². The van der Waals surface area contributed by atoms with Gasteiger partial charge in [0.05, 0.1) is 74.6 Å². The Hall–Kier alpha value is -9.35. The zero-order valence-corrected chi connectivity index (χ0v) is 68.2. The number of nitrogens with two attached hydrogens (primary N) is 1. The zero-order valence-electron chi connectivity index (χ0n) is 66.4. The largest absolute Gasteiger partial charge is 0.481 e. The maximum absolute atomic E-state index is 15.9. The van der Waals surface area contributed by atoms with Gasteiger partial charge in [-0.15, -0.1) is 0 Å². The number of rotatable bonds is 34. The summed E-state index contributed by atoms with van der Waals surface area (Å²) in [5.41, 5.74) is 14.8. The third-order valence-electron chi connectivity index (χ3n) is 21.3.